The summed E-state index contributed by atoms with van der Waals surface area (Å²) in [5, 5.41) is 4.19. The summed E-state index contributed by atoms with van der Waals surface area (Å²) in [7, 11) is 0. The van der Waals surface area contributed by atoms with Crippen molar-refractivity contribution in [3.8, 4) is 10.7 Å². The summed E-state index contributed by atoms with van der Waals surface area (Å²) in [5.41, 5.74) is 3.02. The van der Waals surface area contributed by atoms with Crippen molar-refractivity contribution in [2.75, 3.05) is 0 Å². The smallest absolute Gasteiger partial charge is 0.139 e. The van der Waals surface area contributed by atoms with Crippen molar-refractivity contribution in [3.63, 3.8) is 0 Å². The van der Waals surface area contributed by atoms with Crippen molar-refractivity contribution in [1.29, 1.82) is 0 Å². The Morgan fingerprint density at radius 2 is 2.33 bits per heavy atom. The van der Waals surface area contributed by atoms with Gasteiger partial charge in [-0.05, 0) is 25.1 Å². The Morgan fingerprint density at radius 1 is 1.40 bits per heavy atom. The van der Waals surface area contributed by atoms with E-state index in [0.29, 0.717) is 0 Å². The number of aromatic amines is 1. The molecule has 1 N–H and O–H groups in total. The van der Waals surface area contributed by atoms with E-state index in [1.54, 1.807) is 17.5 Å². The van der Waals surface area contributed by atoms with Crippen LogP contribution in [0.3, 0.4) is 0 Å². The number of pyridine rings is 1. The standard InChI is InChI=1S/C11H9N3S/c1-7-6-15-11(13-7)9-5-8-3-2-4-12-10(8)14-9/h2-6H,1H3,(H,12,14). The molecular formula is C11H9N3S. The number of nitrogens with zero attached hydrogens (tertiary/aromatic N) is 2. The molecule has 4 heteroatoms. The molecule has 3 rings (SSSR count). The summed E-state index contributed by atoms with van der Waals surface area (Å²) in [5.74, 6) is 0. The van der Waals surface area contributed by atoms with Gasteiger partial charge in [0.15, 0.2) is 0 Å². The van der Waals surface area contributed by atoms with Crippen molar-refractivity contribution in [2.45, 2.75) is 6.92 Å². The lowest BCUT2D eigenvalue weighted by molar-refractivity contribution is 1.25. The highest BCUT2D eigenvalue weighted by molar-refractivity contribution is 7.13. The van der Waals surface area contributed by atoms with Crippen LogP contribution in [-0.4, -0.2) is 15.0 Å². The Kier molecular flexibility index (Phi) is 1.82. The van der Waals surface area contributed by atoms with Gasteiger partial charge in [-0.25, -0.2) is 9.97 Å². The monoisotopic (exact) mass is 215 g/mol. The fourth-order valence-corrected chi connectivity index (χ4v) is 2.32. The van der Waals surface area contributed by atoms with Gasteiger partial charge in [-0.3, -0.25) is 0 Å². The molecule has 0 bridgehead atoms. The minimum Gasteiger partial charge on any atom is -0.337 e. The second kappa shape index (κ2) is 3.17. The number of nitrogens with one attached hydrogen (secondary N) is 1. The number of thiazole rings is 1. The number of hydrogen-bond donors (Lipinski definition) is 1. The van der Waals surface area contributed by atoms with E-state index in [1.165, 1.54) is 0 Å². The zero-order chi connectivity index (χ0) is 10.3. The minimum atomic E-state index is 0.917. The molecule has 0 atom stereocenters. The fourth-order valence-electron chi connectivity index (χ4n) is 1.55. The van der Waals surface area contributed by atoms with E-state index in [0.717, 1.165) is 27.4 Å². The number of fused-ring (bicyclic) bond motifs is 1. The molecule has 0 amide bonds. The van der Waals surface area contributed by atoms with Gasteiger partial charge in [-0.15, -0.1) is 11.3 Å². The first-order chi connectivity index (χ1) is 7.33. The maximum Gasteiger partial charge on any atom is 0.139 e. The molecule has 0 aliphatic heterocycles. The van der Waals surface area contributed by atoms with E-state index in [9.17, 15) is 0 Å². The predicted octanol–water partition coefficient (Wildman–Crippen LogP) is 2.99. The highest BCUT2D eigenvalue weighted by atomic mass is 32.1. The summed E-state index contributed by atoms with van der Waals surface area (Å²) in [6, 6.07) is 6.07. The van der Waals surface area contributed by atoms with E-state index in [2.05, 4.69) is 21.0 Å². The van der Waals surface area contributed by atoms with Crippen LogP contribution >= 0.6 is 11.3 Å². The first kappa shape index (κ1) is 8.61. The molecule has 0 spiro atoms. The molecule has 0 aliphatic rings. The van der Waals surface area contributed by atoms with Gasteiger partial charge in [0.1, 0.15) is 10.7 Å². The number of hydrogen-bond acceptors (Lipinski definition) is 3. The Bertz CT molecular complexity index is 576. The molecule has 0 aromatic carbocycles. The Hall–Kier alpha value is -1.68. The molecule has 0 radical (unpaired) electrons. The second-order valence-electron chi connectivity index (χ2n) is 3.42. The molecule has 0 fully saturated rings. The average Bonchev–Trinajstić information content (AvgIpc) is 2.82. The van der Waals surface area contributed by atoms with E-state index < -0.39 is 0 Å². The summed E-state index contributed by atoms with van der Waals surface area (Å²) in [6.45, 7) is 2.00. The zero-order valence-electron chi connectivity index (χ0n) is 8.19. The molecule has 3 heterocycles. The molecule has 0 aliphatic carbocycles. The highest BCUT2D eigenvalue weighted by Crippen LogP contribution is 2.25. The van der Waals surface area contributed by atoms with Gasteiger partial charge in [-0.2, -0.15) is 0 Å². The fraction of sp³-hybridized carbons (Fsp3) is 0.0909. The molecule has 3 nitrogen and oxygen atoms in total. The van der Waals surface area contributed by atoms with E-state index in [1.807, 2.05) is 24.4 Å². The molecular weight excluding hydrogens is 206 g/mol. The summed E-state index contributed by atoms with van der Waals surface area (Å²) in [4.78, 5) is 12.0. The van der Waals surface area contributed by atoms with Crippen LogP contribution in [0.2, 0.25) is 0 Å². The van der Waals surface area contributed by atoms with E-state index in [4.69, 9.17) is 0 Å². The number of aryl methyl sites for hydroxylation is 1. The maximum atomic E-state index is 4.44. The topological polar surface area (TPSA) is 41.6 Å². The third-order valence-corrected chi connectivity index (χ3v) is 3.23. The maximum absolute atomic E-state index is 4.44. The van der Waals surface area contributed by atoms with Gasteiger partial charge in [0, 0.05) is 22.7 Å². The van der Waals surface area contributed by atoms with Gasteiger partial charge in [-0.1, -0.05) is 0 Å². The van der Waals surface area contributed by atoms with Gasteiger partial charge >= 0.3 is 0 Å². The SMILES string of the molecule is Cc1csc(-c2cc3cccnc3[nH]2)n1. The normalized spacial score (nSPS) is 11.0. The minimum absolute atomic E-state index is 0.917. The first-order valence-corrected chi connectivity index (χ1v) is 5.57. The molecule has 0 saturated carbocycles. The Labute approximate surface area is 90.8 Å². The number of aromatic nitrogens is 3. The summed E-state index contributed by atoms with van der Waals surface area (Å²) >= 11 is 1.65. The van der Waals surface area contributed by atoms with Gasteiger partial charge < -0.3 is 4.98 Å². The third-order valence-electron chi connectivity index (χ3n) is 2.24. The zero-order valence-corrected chi connectivity index (χ0v) is 9.01. The molecule has 0 unspecified atom stereocenters. The highest BCUT2D eigenvalue weighted by Gasteiger charge is 2.06. The van der Waals surface area contributed by atoms with Gasteiger partial charge in [0.2, 0.25) is 0 Å². The van der Waals surface area contributed by atoms with Crippen molar-refractivity contribution in [2.24, 2.45) is 0 Å². The van der Waals surface area contributed by atoms with Crippen LogP contribution in [0.15, 0.2) is 29.8 Å². The first-order valence-electron chi connectivity index (χ1n) is 4.69. The molecule has 0 saturated heterocycles. The predicted molar refractivity (Wildman–Crippen MR) is 61.9 cm³/mol. The lowest BCUT2D eigenvalue weighted by Crippen LogP contribution is -1.76. The van der Waals surface area contributed by atoms with Crippen LogP contribution in [0.5, 0.6) is 0 Å². The molecule has 74 valence electrons. The lowest BCUT2D eigenvalue weighted by atomic mass is 10.3. The van der Waals surface area contributed by atoms with Crippen LogP contribution in [0.4, 0.5) is 0 Å². The number of rotatable bonds is 1. The van der Waals surface area contributed by atoms with Gasteiger partial charge in [0.05, 0.1) is 5.69 Å². The van der Waals surface area contributed by atoms with Crippen LogP contribution < -0.4 is 0 Å². The number of H-pyrrole nitrogens is 1. The molecule has 3 aromatic heterocycles. The quantitative estimate of drug-likeness (QED) is 0.678. The van der Waals surface area contributed by atoms with E-state index >= 15 is 0 Å². The Balaban J connectivity index is 2.19. The van der Waals surface area contributed by atoms with Crippen molar-refractivity contribution in [1.82, 2.24) is 15.0 Å². The van der Waals surface area contributed by atoms with E-state index in [-0.39, 0.29) is 0 Å². The second-order valence-corrected chi connectivity index (χ2v) is 4.28. The largest absolute Gasteiger partial charge is 0.337 e. The van der Waals surface area contributed by atoms with Crippen LogP contribution in [0.25, 0.3) is 21.7 Å². The van der Waals surface area contributed by atoms with Crippen molar-refractivity contribution in [3.05, 3.63) is 35.5 Å². The van der Waals surface area contributed by atoms with Crippen molar-refractivity contribution < 1.29 is 0 Å². The third kappa shape index (κ3) is 1.43. The molecule has 3 aromatic rings. The summed E-state index contributed by atoms with van der Waals surface area (Å²) < 4.78 is 0. The molecule has 15 heavy (non-hydrogen) atoms. The van der Waals surface area contributed by atoms with Crippen molar-refractivity contribution >= 4 is 22.4 Å². The van der Waals surface area contributed by atoms with Crippen LogP contribution in [0, 0.1) is 6.92 Å². The summed E-state index contributed by atoms with van der Waals surface area (Å²) in [6.07, 6.45) is 1.79. The van der Waals surface area contributed by atoms with Crippen LogP contribution in [-0.2, 0) is 0 Å². The van der Waals surface area contributed by atoms with Crippen LogP contribution in [0.1, 0.15) is 5.69 Å². The Morgan fingerprint density at radius 3 is 3.07 bits per heavy atom. The van der Waals surface area contributed by atoms with Gasteiger partial charge in [0.25, 0.3) is 0 Å². The average molecular weight is 215 g/mol. The lowest BCUT2D eigenvalue weighted by Gasteiger charge is -1.87.